The standard InChI is InChI=1S/C18H17ClFN3O3/c1-4-10-8-21-16-14(15(10)26-3)17(24)23(18(25)22(16)2)9-11-12(19)6-5-7-13(11)20/h5-8H,4,9H2,1-3H3. The molecular weight excluding hydrogens is 361 g/mol. The van der Waals surface area contributed by atoms with Gasteiger partial charge in [-0.25, -0.2) is 14.2 Å². The fourth-order valence-electron chi connectivity index (χ4n) is 2.93. The largest absolute Gasteiger partial charge is 0.495 e. The Morgan fingerprint density at radius 2 is 2.04 bits per heavy atom. The first kappa shape index (κ1) is 18.1. The van der Waals surface area contributed by atoms with Gasteiger partial charge in [0.05, 0.1) is 13.7 Å². The first-order valence-corrected chi connectivity index (χ1v) is 8.36. The highest BCUT2D eigenvalue weighted by molar-refractivity contribution is 6.31. The summed E-state index contributed by atoms with van der Waals surface area (Å²) in [5.41, 5.74) is -0.176. The predicted molar refractivity (Wildman–Crippen MR) is 97.7 cm³/mol. The molecule has 0 amide bonds. The number of hydrogen-bond acceptors (Lipinski definition) is 4. The van der Waals surface area contributed by atoms with Crippen LogP contribution in [0.4, 0.5) is 4.39 Å². The minimum Gasteiger partial charge on any atom is -0.495 e. The number of fused-ring (bicyclic) bond motifs is 1. The van der Waals surface area contributed by atoms with Crippen molar-refractivity contribution in [3.63, 3.8) is 0 Å². The fraction of sp³-hybridized carbons (Fsp3) is 0.278. The number of methoxy groups -OCH3 is 1. The second-order valence-corrected chi connectivity index (χ2v) is 6.21. The summed E-state index contributed by atoms with van der Waals surface area (Å²) in [6.45, 7) is 1.62. The molecule has 0 fully saturated rings. The van der Waals surface area contributed by atoms with Crippen LogP contribution in [0.15, 0.2) is 34.0 Å². The zero-order chi connectivity index (χ0) is 19.0. The summed E-state index contributed by atoms with van der Waals surface area (Å²) >= 11 is 6.05. The van der Waals surface area contributed by atoms with E-state index in [0.29, 0.717) is 12.2 Å². The van der Waals surface area contributed by atoms with Gasteiger partial charge in [0.1, 0.15) is 17.0 Å². The van der Waals surface area contributed by atoms with Crippen molar-refractivity contribution in [1.82, 2.24) is 14.1 Å². The molecule has 136 valence electrons. The summed E-state index contributed by atoms with van der Waals surface area (Å²) in [4.78, 5) is 29.9. The van der Waals surface area contributed by atoms with Crippen molar-refractivity contribution < 1.29 is 9.13 Å². The normalized spacial score (nSPS) is 11.1. The number of nitrogens with zero attached hydrogens (tertiary/aromatic N) is 3. The van der Waals surface area contributed by atoms with Crippen LogP contribution in [0.3, 0.4) is 0 Å². The Morgan fingerprint density at radius 1 is 1.31 bits per heavy atom. The number of pyridine rings is 1. The lowest BCUT2D eigenvalue weighted by Crippen LogP contribution is -2.40. The number of ether oxygens (including phenoxy) is 1. The minimum absolute atomic E-state index is 0.0753. The average molecular weight is 378 g/mol. The topological polar surface area (TPSA) is 66.1 Å². The van der Waals surface area contributed by atoms with Crippen LogP contribution in [0.5, 0.6) is 5.75 Å². The molecule has 3 rings (SSSR count). The van der Waals surface area contributed by atoms with Crippen LogP contribution >= 0.6 is 11.6 Å². The van der Waals surface area contributed by atoms with Crippen LogP contribution in [0, 0.1) is 5.82 Å². The molecule has 26 heavy (non-hydrogen) atoms. The Labute approximate surface area is 153 Å². The summed E-state index contributed by atoms with van der Waals surface area (Å²) < 4.78 is 21.7. The van der Waals surface area contributed by atoms with Crippen molar-refractivity contribution in [2.24, 2.45) is 7.05 Å². The molecule has 2 aromatic heterocycles. The van der Waals surface area contributed by atoms with E-state index in [2.05, 4.69) is 4.98 Å². The molecule has 0 bridgehead atoms. The first-order chi connectivity index (χ1) is 12.4. The molecule has 1 aromatic carbocycles. The summed E-state index contributed by atoms with van der Waals surface area (Å²) in [7, 11) is 2.96. The summed E-state index contributed by atoms with van der Waals surface area (Å²) in [5.74, 6) is -0.217. The fourth-order valence-corrected chi connectivity index (χ4v) is 3.15. The van der Waals surface area contributed by atoms with E-state index in [1.165, 1.54) is 36.9 Å². The Balaban J connectivity index is 2.37. The van der Waals surface area contributed by atoms with Gasteiger partial charge in [-0.3, -0.25) is 13.9 Å². The lowest BCUT2D eigenvalue weighted by atomic mass is 10.1. The molecule has 0 atom stereocenters. The van der Waals surface area contributed by atoms with Gasteiger partial charge in [0.15, 0.2) is 5.65 Å². The van der Waals surface area contributed by atoms with E-state index in [9.17, 15) is 14.0 Å². The van der Waals surface area contributed by atoms with Gasteiger partial charge in [0, 0.05) is 29.4 Å². The van der Waals surface area contributed by atoms with E-state index in [1.54, 1.807) is 6.20 Å². The van der Waals surface area contributed by atoms with E-state index in [1.807, 2.05) is 6.92 Å². The average Bonchev–Trinajstić information content (AvgIpc) is 2.64. The predicted octanol–water partition coefficient (Wildman–Crippen LogP) is 2.51. The molecule has 2 heterocycles. The molecule has 3 aromatic rings. The third-order valence-corrected chi connectivity index (χ3v) is 4.70. The van der Waals surface area contributed by atoms with E-state index in [0.717, 1.165) is 10.1 Å². The second-order valence-electron chi connectivity index (χ2n) is 5.80. The smallest absolute Gasteiger partial charge is 0.332 e. The van der Waals surface area contributed by atoms with Crippen molar-refractivity contribution in [3.05, 3.63) is 67.2 Å². The van der Waals surface area contributed by atoms with Gasteiger partial charge in [-0.15, -0.1) is 0 Å². The van der Waals surface area contributed by atoms with Crippen molar-refractivity contribution in [1.29, 1.82) is 0 Å². The van der Waals surface area contributed by atoms with E-state index < -0.39 is 17.1 Å². The third kappa shape index (κ3) is 2.78. The Kier molecular flexibility index (Phi) is 4.82. The van der Waals surface area contributed by atoms with Gasteiger partial charge < -0.3 is 4.74 Å². The highest BCUT2D eigenvalue weighted by atomic mass is 35.5. The molecule has 0 aliphatic heterocycles. The van der Waals surface area contributed by atoms with Gasteiger partial charge in [-0.05, 0) is 18.6 Å². The van der Waals surface area contributed by atoms with Gasteiger partial charge in [-0.2, -0.15) is 0 Å². The van der Waals surface area contributed by atoms with Crippen LogP contribution < -0.4 is 16.0 Å². The lowest BCUT2D eigenvalue weighted by molar-refractivity contribution is 0.413. The van der Waals surface area contributed by atoms with Crippen LogP contribution in [0.25, 0.3) is 11.0 Å². The SMILES string of the molecule is CCc1cnc2c(c1OC)c(=O)n(Cc1c(F)cccc1Cl)c(=O)n2C. The number of halogens is 2. The van der Waals surface area contributed by atoms with Crippen molar-refractivity contribution in [2.75, 3.05) is 7.11 Å². The maximum atomic E-state index is 14.1. The minimum atomic E-state index is -0.611. The Morgan fingerprint density at radius 3 is 2.65 bits per heavy atom. The van der Waals surface area contributed by atoms with Gasteiger partial charge >= 0.3 is 5.69 Å². The molecule has 0 unspecified atom stereocenters. The van der Waals surface area contributed by atoms with E-state index >= 15 is 0 Å². The molecular formula is C18H17ClFN3O3. The maximum absolute atomic E-state index is 14.1. The summed E-state index contributed by atoms with van der Waals surface area (Å²) in [6, 6.07) is 4.20. The second kappa shape index (κ2) is 6.92. The highest BCUT2D eigenvalue weighted by Gasteiger charge is 2.20. The molecule has 6 nitrogen and oxygen atoms in total. The van der Waals surface area contributed by atoms with Crippen LogP contribution in [0.2, 0.25) is 5.02 Å². The zero-order valence-electron chi connectivity index (χ0n) is 14.5. The molecule has 0 saturated heterocycles. The monoisotopic (exact) mass is 377 g/mol. The third-order valence-electron chi connectivity index (χ3n) is 4.34. The number of aromatic nitrogens is 3. The number of rotatable bonds is 4. The van der Waals surface area contributed by atoms with Crippen LogP contribution in [0.1, 0.15) is 18.1 Å². The highest BCUT2D eigenvalue weighted by Crippen LogP contribution is 2.25. The Hall–Kier alpha value is -2.67. The quantitative estimate of drug-likeness (QED) is 0.700. The molecule has 0 radical (unpaired) electrons. The number of aryl methyl sites for hydroxylation is 2. The van der Waals surface area contributed by atoms with Crippen LogP contribution in [-0.4, -0.2) is 21.2 Å². The van der Waals surface area contributed by atoms with Crippen molar-refractivity contribution in [3.8, 4) is 5.75 Å². The Bertz CT molecular complexity index is 1100. The first-order valence-electron chi connectivity index (χ1n) is 7.99. The molecule has 0 saturated carbocycles. The summed E-state index contributed by atoms with van der Waals surface area (Å²) in [6.07, 6.45) is 2.19. The summed E-state index contributed by atoms with van der Waals surface area (Å²) in [5, 5.41) is 0.327. The zero-order valence-corrected chi connectivity index (χ0v) is 15.3. The molecule has 0 aliphatic rings. The van der Waals surface area contributed by atoms with Gasteiger partial charge in [0.2, 0.25) is 0 Å². The maximum Gasteiger partial charge on any atom is 0.332 e. The van der Waals surface area contributed by atoms with E-state index in [4.69, 9.17) is 16.3 Å². The van der Waals surface area contributed by atoms with Crippen molar-refractivity contribution >= 4 is 22.6 Å². The molecule has 8 heteroatoms. The molecule has 0 N–H and O–H groups in total. The molecule has 0 aliphatic carbocycles. The molecule has 0 spiro atoms. The van der Waals surface area contributed by atoms with Gasteiger partial charge in [-0.1, -0.05) is 24.6 Å². The van der Waals surface area contributed by atoms with E-state index in [-0.39, 0.29) is 28.2 Å². The van der Waals surface area contributed by atoms with Crippen molar-refractivity contribution in [2.45, 2.75) is 19.9 Å². The number of benzene rings is 1. The lowest BCUT2D eigenvalue weighted by Gasteiger charge is -2.15. The number of hydrogen-bond donors (Lipinski definition) is 0. The van der Waals surface area contributed by atoms with Crippen LogP contribution in [-0.2, 0) is 20.0 Å². The van der Waals surface area contributed by atoms with Gasteiger partial charge in [0.25, 0.3) is 5.56 Å².